The lowest BCUT2D eigenvalue weighted by atomic mass is 9.95. The summed E-state index contributed by atoms with van der Waals surface area (Å²) in [5.74, 6) is -0.409. The van der Waals surface area contributed by atoms with Gasteiger partial charge in [-0.3, -0.25) is 4.79 Å². The Kier molecular flexibility index (Phi) is 5.40. The highest BCUT2D eigenvalue weighted by Crippen LogP contribution is 2.26. The van der Waals surface area contributed by atoms with E-state index >= 15 is 0 Å². The molecule has 0 radical (unpaired) electrons. The number of rotatable bonds is 3. The first-order valence-electron chi connectivity index (χ1n) is 7.72. The minimum absolute atomic E-state index is 0.0956. The molecule has 1 N–H and O–H groups in total. The molecule has 1 saturated heterocycles. The number of carboxylic acids is 1. The molecule has 20 heavy (non-hydrogen) atoms. The lowest BCUT2D eigenvalue weighted by Gasteiger charge is -2.35. The zero-order valence-electron chi connectivity index (χ0n) is 12.2. The highest BCUT2D eigenvalue weighted by Gasteiger charge is 2.33. The third-order valence-corrected chi connectivity index (χ3v) is 4.33. The summed E-state index contributed by atoms with van der Waals surface area (Å²) < 4.78 is 5.34. The third kappa shape index (κ3) is 4.20. The highest BCUT2D eigenvalue weighted by molar-refractivity contribution is 5.79. The van der Waals surface area contributed by atoms with Gasteiger partial charge >= 0.3 is 5.97 Å². The summed E-state index contributed by atoms with van der Waals surface area (Å²) in [6.07, 6.45) is 6.74. The van der Waals surface area contributed by atoms with Crippen molar-refractivity contribution in [2.24, 2.45) is 5.92 Å². The summed E-state index contributed by atoms with van der Waals surface area (Å²) in [6, 6.07) is 0. The van der Waals surface area contributed by atoms with Crippen LogP contribution in [0.25, 0.3) is 0 Å². The topological polar surface area (TPSA) is 66.8 Å². The second-order valence-electron chi connectivity index (χ2n) is 6.13. The number of hydrogen-bond acceptors (Lipinski definition) is 3. The van der Waals surface area contributed by atoms with E-state index in [-0.39, 0.29) is 18.6 Å². The van der Waals surface area contributed by atoms with Crippen LogP contribution >= 0.6 is 0 Å². The van der Waals surface area contributed by atoms with Crippen LogP contribution in [0.1, 0.15) is 51.9 Å². The van der Waals surface area contributed by atoms with Crippen molar-refractivity contribution in [1.82, 2.24) is 4.90 Å². The molecule has 5 nitrogen and oxygen atoms in total. The monoisotopic (exact) mass is 283 g/mol. The molecule has 2 fully saturated rings. The van der Waals surface area contributed by atoms with Gasteiger partial charge in [0.2, 0.25) is 5.91 Å². The van der Waals surface area contributed by atoms with Gasteiger partial charge in [0, 0.05) is 13.0 Å². The number of aliphatic carboxylic acids is 1. The number of carbonyl (C=O) groups excluding carboxylic acids is 1. The fraction of sp³-hybridized carbons (Fsp3) is 0.867. The van der Waals surface area contributed by atoms with E-state index in [0.29, 0.717) is 18.9 Å². The van der Waals surface area contributed by atoms with Crippen molar-refractivity contribution in [2.75, 3.05) is 13.1 Å². The van der Waals surface area contributed by atoms with E-state index in [0.717, 1.165) is 12.8 Å². The Balaban J connectivity index is 1.88. The molecule has 114 valence electrons. The molecule has 0 spiro atoms. The zero-order valence-corrected chi connectivity index (χ0v) is 12.2. The van der Waals surface area contributed by atoms with Crippen LogP contribution in [0.5, 0.6) is 0 Å². The van der Waals surface area contributed by atoms with Crippen LogP contribution in [0.15, 0.2) is 0 Å². The molecule has 2 rings (SSSR count). The van der Waals surface area contributed by atoms with Crippen LogP contribution in [-0.4, -0.2) is 47.2 Å². The Morgan fingerprint density at radius 3 is 2.40 bits per heavy atom. The summed E-state index contributed by atoms with van der Waals surface area (Å²) in [7, 11) is 0. The Hall–Kier alpha value is -1.10. The lowest BCUT2D eigenvalue weighted by molar-refractivity contribution is -0.166. The lowest BCUT2D eigenvalue weighted by Crippen LogP contribution is -2.52. The first-order valence-corrected chi connectivity index (χ1v) is 7.72. The maximum atomic E-state index is 12.4. The maximum absolute atomic E-state index is 12.4. The van der Waals surface area contributed by atoms with Crippen LogP contribution in [0.2, 0.25) is 0 Å². The van der Waals surface area contributed by atoms with Crippen LogP contribution in [0.3, 0.4) is 0 Å². The summed E-state index contributed by atoms with van der Waals surface area (Å²) in [6.45, 7) is 2.52. The van der Waals surface area contributed by atoms with Crippen molar-refractivity contribution in [2.45, 2.75) is 64.1 Å². The number of carbonyl (C=O) groups is 2. The van der Waals surface area contributed by atoms with Crippen LogP contribution in [0, 0.1) is 5.92 Å². The van der Waals surface area contributed by atoms with Gasteiger partial charge in [-0.2, -0.15) is 0 Å². The Morgan fingerprint density at radius 1 is 1.15 bits per heavy atom. The molecule has 1 aliphatic heterocycles. The number of amides is 1. The fourth-order valence-electron chi connectivity index (χ4n) is 3.24. The van der Waals surface area contributed by atoms with Gasteiger partial charge in [-0.1, -0.05) is 25.7 Å². The third-order valence-electron chi connectivity index (χ3n) is 4.33. The van der Waals surface area contributed by atoms with Gasteiger partial charge in [-0.15, -0.1) is 0 Å². The fourth-order valence-corrected chi connectivity index (χ4v) is 3.24. The number of carboxylic acid groups (broad SMARTS) is 1. The second-order valence-corrected chi connectivity index (χ2v) is 6.13. The molecular formula is C15H25NO4. The van der Waals surface area contributed by atoms with Crippen molar-refractivity contribution in [1.29, 1.82) is 0 Å². The van der Waals surface area contributed by atoms with Crippen molar-refractivity contribution in [3.8, 4) is 0 Å². The van der Waals surface area contributed by atoms with Gasteiger partial charge in [0.25, 0.3) is 0 Å². The number of morpholine rings is 1. The standard InChI is InChI=1S/C15H25NO4/c1-11-9-16(10-13(20-11)15(18)19)14(17)8-12-6-4-2-3-5-7-12/h11-13H,2-10H2,1H3,(H,18,19)/t11-,13?/m1/s1. The number of ether oxygens (including phenoxy) is 1. The maximum Gasteiger partial charge on any atom is 0.334 e. The minimum atomic E-state index is -0.983. The van der Waals surface area contributed by atoms with Crippen molar-refractivity contribution in [3.05, 3.63) is 0 Å². The molecule has 1 heterocycles. The van der Waals surface area contributed by atoms with Gasteiger partial charge < -0.3 is 14.7 Å². The van der Waals surface area contributed by atoms with Crippen molar-refractivity contribution < 1.29 is 19.4 Å². The molecule has 1 saturated carbocycles. The smallest absolute Gasteiger partial charge is 0.334 e. The average Bonchev–Trinajstić information content (AvgIpc) is 2.66. The van der Waals surface area contributed by atoms with E-state index < -0.39 is 12.1 Å². The van der Waals surface area contributed by atoms with Gasteiger partial charge in [-0.05, 0) is 25.7 Å². The van der Waals surface area contributed by atoms with Gasteiger partial charge in [0.05, 0.1) is 12.6 Å². The highest BCUT2D eigenvalue weighted by atomic mass is 16.5. The minimum Gasteiger partial charge on any atom is -0.479 e. The second kappa shape index (κ2) is 7.07. The predicted molar refractivity (Wildman–Crippen MR) is 74.4 cm³/mol. The largest absolute Gasteiger partial charge is 0.479 e. The molecule has 0 bridgehead atoms. The summed E-state index contributed by atoms with van der Waals surface area (Å²) >= 11 is 0. The van der Waals surface area contributed by atoms with E-state index in [1.165, 1.54) is 25.7 Å². The van der Waals surface area contributed by atoms with Gasteiger partial charge in [0.1, 0.15) is 0 Å². The summed E-state index contributed by atoms with van der Waals surface area (Å²) in [5.41, 5.74) is 0. The van der Waals surface area contributed by atoms with E-state index in [9.17, 15) is 9.59 Å². The molecule has 2 aliphatic rings. The van der Waals surface area contributed by atoms with Gasteiger partial charge in [0.15, 0.2) is 6.10 Å². The summed E-state index contributed by atoms with van der Waals surface area (Å²) in [5, 5.41) is 9.05. The van der Waals surface area contributed by atoms with E-state index in [1.54, 1.807) is 4.90 Å². The zero-order chi connectivity index (χ0) is 14.5. The molecule has 0 aromatic heterocycles. The van der Waals surface area contributed by atoms with E-state index in [4.69, 9.17) is 9.84 Å². The molecule has 1 aliphatic carbocycles. The first-order chi connectivity index (χ1) is 9.56. The molecule has 5 heteroatoms. The first kappa shape index (κ1) is 15.3. The molecule has 0 aromatic carbocycles. The van der Waals surface area contributed by atoms with E-state index in [1.807, 2.05) is 6.92 Å². The SMILES string of the molecule is C[C@@H]1CN(C(=O)CC2CCCCCC2)CC(C(=O)O)O1. The van der Waals surface area contributed by atoms with Crippen molar-refractivity contribution in [3.63, 3.8) is 0 Å². The molecule has 2 atom stereocenters. The van der Waals surface area contributed by atoms with Crippen LogP contribution in [-0.2, 0) is 14.3 Å². The Bertz CT molecular complexity index is 350. The van der Waals surface area contributed by atoms with Crippen molar-refractivity contribution >= 4 is 11.9 Å². The number of hydrogen-bond donors (Lipinski definition) is 1. The number of nitrogens with zero attached hydrogens (tertiary/aromatic N) is 1. The normalized spacial score (nSPS) is 28.9. The average molecular weight is 283 g/mol. The summed E-state index contributed by atoms with van der Waals surface area (Å²) in [4.78, 5) is 25.1. The van der Waals surface area contributed by atoms with E-state index in [2.05, 4.69) is 0 Å². The Labute approximate surface area is 120 Å². The quantitative estimate of drug-likeness (QED) is 0.805. The van der Waals surface area contributed by atoms with Crippen LogP contribution in [0.4, 0.5) is 0 Å². The van der Waals surface area contributed by atoms with Crippen LogP contribution < -0.4 is 0 Å². The molecular weight excluding hydrogens is 258 g/mol. The van der Waals surface area contributed by atoms with Gasteiger partial charge in [-0.25, -0.2) is 4.79 Å². The molecule has 0 aromatic rings. The molecule has 1 amide bonds. The molecule has 1 unspecified atom stereocenters. The predicted octanol–water partition coefficient (Wildman–Crippen LogP) is 2.05. The Morgan fingerprint density at radius 2 is 1.80 bits per heavy atom.